The number of rotatable bonds is 9. The molecule has 1 aromatic rings. The predicted octanol–water partition coefficient (Wildman–Crippen LogP) is 3.22. The standard InChI is InChI=1S/C17H29N3O.HI/c1-15(2)20-17(18-3)19-12-7-8-13-21-14-11-16-9-5-4-6-10-16;/h4-6,9-10,15H,7-8,11-14H2,1-3H3,(H2,18,19,20);1H. The summed E-state index contributed by atoms with van der Waals surface area (Å²) in [5, 5.41) is 6.57. The first kappa shape index (κ1) is 21.2. The van der Waals surface area contributed by atoms with Gasteiger partial charge in [0.2, 0.25) is 0 Å². The highest BCUT2D eigenvalue weighted by Crippen LogP contribution is 2.00. The van der Waals surface area contributed by atoms with Crippen molar-refractivity contribution in [2.45, 2.75) is 39.2 Å². The maximum Gasteiger partial charge on any atom is 0.191 e. The normalized spacial score (nSPS) is 11.2. The van der Waals surface area contributed by atoms with Crippen molar-refractivity contribution in [2.75, 3.05) is 26.8 Å². The summed E-state index contributed by atoms with van der Waals surface area (Å²) in [5.74, 6) is 0.870. The minimum Gasteiger partial charge on any atom is -0.381 e. The van der Waals surface area contributed by atoms with Crippen molar-refractivity contribution in [1.29, 1.82) is 0 Å². The molecule has 0 aromatic heterocycles. The van der Waals surface area contributed by atoms with Crippen molar-refractivity contribution in [3.8, 4) is 0 Å². The molecule has 0 atom stereocenters. The number of nitrogens with one attached hydrogen (secondary N) is 2. The van der Waals surface area contributed by atoms with Gasteiger partial charge >= 0.3 is 0 Å². The second kappa shape index (κ2) is 13.8. The van der Waals surface area contributed by atoms with Gasteiger partial charge in [-0.05, 0) is 38.7 Å². The molecule has 4 nitrogen and oxygen atoms in total. The number of guanidine groups is 1. The number of ether oxygens (including phenoxy) is 1. The van der Waals surface area contributed by atoms with Gasteiger partial charge in [0.1, 0.15) is 0 Å². The van der Waals surface area contributed by atoms with E-state index < -0.39 is 0 Å². The number of nitrogens with zero attached hydrogens (tertiary/aromatic N) is 1. The molecule has 0 unspecified atom stereocenters. The van der Waals surface area contributed by atoms with E-state index in [1.165, 1.54) is 5.56 Å². The highest BCUT2D eigenvalue weighted by Gasteiger charge is 1.98. The van der Waals surface area contributed by atoms with E-state index in [0.717, 1.165) is 45.0 Å². The third kappa shape index (κ3) is 10.8. The molecule has 1 aromatic carbocycles. The van der Waals surface area contributed by atoms with Crippen LogP contribution in [-0.4, -0.2) is 38.8 Å². The summed E-state index contributed by atoms with van der Waals surface area (Å²) in [6, 6.07) is 10.9. The van der Waals surface area contributed by atoms with Gasteiger partial charge in [-0.2, -0.15) is 0 Å². The molecule has 0 aliphatic heterocycles. The SMILES string of the molecule is CN=C(NCCCCOCCc1ccccc1)NC(C)C.I. The quantitative estimate of drug-likeness (QED) is 0.280. The van der Waals surface area contributed by atoms with E-state index in [1.54, 1.807) is 7.05 Å². The van der Waals surface area contributed by atoms with Crippen molar-refractivity contribution >= 4 is 29.9 Å². The number of hydrogen-bond acceptors (Lipinski definition) is 2. The lowest BCUT2D eigenvalue weighted by atomic mass is 10.2. The van der Waals surface area contributed by atoms with Crippen molar-refractivity contribution in [3.63, 3.8) is 0 Å². The molecule has 0 radical (unpaired) electrons. The first-order chi connectivity index (χ1) is 10.2. The van der Waals surface area contributed by atoms with Crippen LogP contribution < -0.4 is 10.6 Å². The van der Waals surface area contributed by atoms with Crippen LogP contribution in [-0.2, 0) is 11.2 Å². The average molecular weight is 419 g/mol. The molecule has 126 valence electrons. The third-order valence-corrected chi connectivity index (χ3v) is 3.03. The summed E-state index contributed by atoms with van der Waals surface area (Å²) in [7, 11) is 1.80. The zero-order valence-corrected chi connectivity index (χ0v) is 16.3. The molecular weight excluding hydrogens is 389 g/mol. The summed E-state index contributed by atoms with van der Waals surface area (Å²) in [5.41, 5.74) is 1.34. The molecule has 0 saturated carbocycles. The number of halogens is 1. The van der Waals surface area contributed by atoms with E-state index in [0.29, 0.717) is 6.04 Å². The van der Waals surface area contributed by atoms with E-state index >= 15 is 0 Å². The lowest BCUT2D eigenvalue weighted by Gasteiger charge is -2.14. The van der Waals surface area contributed by atoms with E-state index in [1.807, 2.05) is 6.07 Å². The predicted molar refractivity (Wildman–Crippen MR) is 105 cm³/mol. The Morgan fingerprint density at radius 2 is 1.86 bits per heavy atom. The average Bonchev–Trinajstić information content (AvgIpc) is 2.49. The van der Waals surface area contributed by atoms with Crippen LogP contribution >= 0.6 is 24.0 Å². The van der Waals surface area contributed by atoms with Crippen LogP contribution in [0.1, 0.15) is 32.3 Å². The topological polar surface area (TPSA) is 45.7 Å². The van der Waals surface area contributed by atoms with Crippen LogP contribution in [0, 0.1) is 0 Å². The molecule has 0 saturated heterocycles. The van der Waals surface area contributed by atoms with E-state index in [4.69, 9.17) is 4.74 Å². The van der Waals surface area contributed by atoms with Gasteiger partial charge in [0, 0.05) is 26.2 Å². The Bertz CT molecular complexity index is 396. The maximum atomic E-state index is 5.66. The first-order valence-corrected chi connectivity index (χ1v) is 7.81. The van der Waals surface area contributed by atoms with Crippen LogP contribution in [0.15, 0.2) is 35.3 Å². The summed E-state index contributed by atoms with van der Waals surface area (Å²) in [6.45, 7) is 6.76. The molecule has 0 aliphatic rings. The molecule has 0 fully saturated rings. The molecule has 0 heterocycles. The molecule has 22 heavy (non-hydrogen) atoms. The monoisotopic (exact) mass is 419 g/mol. The lowest BCUT2D eigenvalue weighted by Crippen LogP contribution is -2.41. The van der Waals surface area contributed by atoms with Crippen molar-refractivity contribution in [3.05, 3.63) is 35.9 Å². The van der Waals surface area contributed by atoms with Gasteiger partial charge in [0.15, 0.2) is 5.96 Å². The summed E-state index contributed by atoms with van der Waals surface area (Å²) < 4.78 is 5.66. The Morgan fingerprint density at radius 3 is 2.50 bits per heavy atom. The van der Waals surface area contributed by atoms with Crippen LogP contribution in [0.5, 0.6) is 0 Å². The van der Waals surface area contributed by atoms with Crippen molar-refractivity contribution < 1.29 is 4.74 Å². The van der Waals surface area contributed by atoms with Gasteiger partial charge in [-0.25, -0.2) is 0 Å². The Labute approximate surface area is 152 Å². The molecule has 0 spiro atoms. The Morgan fingerprint density at radius 1 is 1.14 bits per heavy atom. The second-order valence-electron chi connectivity index (χ2n) is 5.35. The van der Waals surface area contributed by atoms with E-state index in [2.05, 4.69) is 53.7 Å². The smallest absolute Gasteiger partial charge is 0.191 e. The zero-order chi connectivity index (χ0) is 15.3. The Kier molecular flexibility index (Phi) is 13.3. The highest BCUT2D eigenvalue weighted by molar-refractivity contribution is 14.0. The molecular formula is C17H30IN3O. The minimum atomic E-state index is 0. The van der Waals surface area contributed by atoms with Crippen LogP contribution in [0.25, 0.3) is 0 Å². The molecule has 0 bridgehead atoms. The molecule has 0 amide bonds. The molecule has 5 heteroatoms. The highest BCUT2D eigenvalue weighted by atomic mass is 127. The van der Waals surface area contributed by atoms with Gasteiger partial charge in [0.25, 0.3) is 0 Å². The van der Waals surface area contributed by atoms with Crippen molar-refractivity contribution in [1.82, 2.24) is 10.6 Å². The fourth-order valence-corrected chi connectivity index (χ4v) is 1.94. The summed E-state index contributed by atoms with van der Waals surface area (Å²) in [6.07, 6.45) is 3.15. The lowest BCUT2D eigenvalue weighted by molar-refractivity contribution is 0.133. The van der Waals surface area contributed by atoms with Gasteiger partial charge in [0.05, 0.1) is 6.61 Å². The van der Waals surface area contributed by atoms with Crippen LogP contribution in [0.3, 0.4) is 0 Å². The Hall–Kier alpha value is -0.820. The zero-order valence-electron chi connectivity index (χ0n) is 14.0. The first-order valence-electron chi connectivity index (χ1n) is 7.81. The summed E-state index contributed by atoms with van der Waals surface area (Å²) in [4.78, 5) is 4.17. The fraction of sp³-hybridized carbons (Fsp3) is 0.588. The number of aliphatic imine (C=N–C) groups is 1. The third-order valence-electron chi connectivity index (χ3n) is 3.03. The van der Waals surface area contributed by atoms with E-state index in [-0.39, 0.29) is 24.0 Å². The number of benzene rings is 1. The van der Waals surface area contributed by atoms with Gasteiger partial charge < -0.3 is 15.4 Å². The largest absolute Gasteiger partial charge is 0.381 e. The Balaban J connectivity index is 0.00000441. The molecule has 0 aliphatic carbocycles. The number of unbranched alkanes of at least 4 members (excludes halogenated alkanes) is 1. The summed E-state index contributed by atoms with van der Waals surface area (Å²) >= 11 is 0. The van der Waals surface area contributed by atoms with Gasteiger partial charge in [-0.1, -0.05) is 30.3 Å². The maximum absolute atomic E-state index is 5.66. The van der Waals surface area contributed by atoms with Crippen molar-refractivity contribution in [2.24, 2.45) is 4.99 Å². The minimum absolute atomic E-state index is 0. The van der Waals surface area contributed by atoms with Gasteiger partial charge in [-0.3, -0.25) is 4.99 Å². The van der Waals surface area contributed by atoms with Gasteiger partial charge in [-0.15, -0.1) is 24.0 Å². The van der Waals surface area contributed by atoms with Crippen LogP contribution in [0.4, 0.5) is 0 Å². The number of hydrogen-bond donors (Lipinski definition) is 2. The van der Waals surface area contributed by atoms with E-state index in [9.17, 15) is 0 Å². The second-order valence-corrected chi connectivity index (χ2v) is 5.35. The fourth-order valence-electron chi connectivity index (χ4n) is 1.94. The molecule has 2 N–H and O–H groups in total. The molecule has 1 rings (SSSR count). The van der Waals surface area contributed by atoms with Crippen LogP contribution in [0.2, 0.25) is 0 Å².